The van der Waals surface area contributed by atoms with Crippen LogP contribution in [-0.2, 0) is 17.2 Å². The van der Waals surface area contributed by atoms with Crippen LogP contribution in [0.5, 0.6) is 0 Å². The fourth-order valence-electron chi connectivity index (χ4n) is 2.72. The maximum atomic E-state index is 12.4. The van der Waals surface area contributed by atoms with Crippen LogP contribution in [0.15, 0.2) is 67.0 Å². The monoisotopic (exact) mass is 436 g/mol. The van der Waals surface area contributed by atoms with E-state index in [4.69, 9.17) is 0 Å². The zero-order chi connectivity index (χ0) is 23.1. The Morgan fingerprint density at radius 2 is 1.56 bits per heavy atom. The Morgan fingerprint density at radius 1 is 0.938 bits per heavy atom. The maximum absolute atomic E-state index is 12.4. The molecule has 3 aromatic rings. The number of nitrogens with one attached hydrogen (secondary N) is 2. The number of nitrogens with zero attached hydrogens (tertiary/aromatic N) is 2. The van der Waals surface area contributed by atoms with Gasteiger partial charge in [-0.15, -0.1) is 0 Å². The molecule has 0 aliphatic heterocycles. The van der Waals surface area contributed by atoms with E-state index >= 15 is 0 Å². The van der Waals surface area contributed by atoms with Crippen molar-refractivity contribution in [2.45, 2.75) is 12.5 Å². The number of aromatic nitrogens is 2. The third-order valence-corrected chi connectivity index (χ3v) is 4.42. The third kappa shape index (κ3) is 5.50. The van der Waals surface area contributed by atoms with Crippen LogP contribution < -0.4 is 10.6 Å². The molecule has 3 rings (SSSR count). The molecule has 10 nitrogen and oxygen atoms in total. The summed E-state index contributed by atoms with van der Waals surface area (Å²) in [6, 6.07) is 15.3. The first-order valence-electron chi connectivity index (χ1n) is 9.40. The highest BCUT2D eigenvalue weighted by Gasteiger charge is 2.29. The second-order valence-corrected chi connectivity index (χ2v) is 6.65. The Labute approximate surface area is 182 Å². The summed E-state index contributed by atoms with van der Waals surface area (Å²) < 4.78 is 4.63. The number of esters is 1. The Hall–Kier alpha value is -4.15. The first-order chi connectivity index (χ1) is 15.3. The summed E-state index contributed by atoms with van der Waals surface area (Å²) in [6.07, 6.45) is 1.02. The van der Waals surface area contributed by atoms with Crippen molar-refractivity contribution < 1.29 is 29.3 Å². The van der Waals surface area contributed by atoms with Crippen LogP contribution in [0, 0.1) is 0 Å². The van der Waals surface area contributed by atoms with Crippen molar-refractivity contribution in [2.75, 3.05) is 7.11 Å². The van der Waals surface area contributed by atoms with Crippen LogP contribution in [0.4, 0.5) is 0 Å². The van der Waals surface area contributed by atoms with E-state index in [1.54, 1.807) is 42.5 Å². The van der Waals surface area contributed by atoms with Gasteiger partial charge in [0.05, 0.1) is 12.7 Å². The van der Waals surface area contributed by atoms with E-state index in [2.05, 4.69) is 20.0 Å². The second kappa shape index (κ2) is 9.77. The fourth-order valence-corrected chi connectivity index (χ4v) is 2.72. The number of benzene rings is 2. The van der Waals surface area contributed by atoms with Crippen molar-refractivity contribution in [3.8, 4) is 0 Å². The topological polar surface area (TPSA) is 151 Å². The third-order valence-electron chi connectivity index (χ3n) is 4.42. The van der Waals surface area contributed by atoms with E-state index in [1.165, 1.54) is 19.2 Å². The number of carbonyl (C=O) groups is 3. The van der Waals surface area contributed by atoms with Gasteiger partial charge in [-0.1, -0.05) is 42.5 Å². The number of aliphatic hydroxyl groups is 2. The van der Waals surface area contributed by atoms with Crippen molar-refractivity contribution in [2.24, 2.45) is 0 Å². The molecule has 32 heavy (non-hydrogen) atoms. The standard InChI is InChI=1S/C22H20N4O6/c1-32-21(29)15-9-7-14(8-10-15)12-23-19(27)17-11-18(25-13-24-17)20(28)26-22(30,31)16-5-3-2-4-6-16/h2-11,13,30-31H,12H2,1H3,(H,23,27)(H,26,28). The predicted octanol–water partition coefficient (Wildman–Crippen LogP) is 0.718. The first kappa shape index (κ1) is 22.5. The number of carbonyl (C=O) groups excluding carboxylic acids is 3. The minimum atomic E-state index is -2.62. The van der Waals surface area contributed by atoms with Crippen molar-refractivity contribution in [1.29, 1.82) is 0 Å². The summed E-state index contributed by atoms with van der Waals surface area (Å²) in [5, 5.41) is 25.0. The van der Waals surface area contributed by atoms with Gasteiger partial charge in [-0.05, 0) is 17.7 Å². The molecule has 2 aromatic carbocycles. The van der Waals surface area contributed by atoms with Crippen molar-refractivity contribution in [3.05, 3.63) is 95.1 Å². The zero-order valence-electron chi connectivity index (χ0n) is 17.0. The van der Waals surface area contributed by atoms with Crippen LogP contribution in [-0.4, -0.2) is 45.1 Å². The Morgan fingerprint density at radius 3 is 2.19 bits per heavy atom. The van der Waals surface area contributed by atoms with Gasteiger partial charge in [-0.3, -0.25) is 14.9 Å². The summed E-state index contributed by atoms with van der Waals surface area (Å²) in [5.74, 6) is -4.56. The van der Waals surface area contributed by atoms with Crippen molar-refractivity contribution in [1.82, 2.24) is 20.6 Å². The molecule has 1 aromatic heterocycles. The summed E-state index contributed by atoms with van der Waals surface area (Å²) in [4.78, 5) is 43.9. The summed E-state index contributed by atoms with van der Waals surface area (Å²) in [7, 11) is 1.29. The van der Waals surface area contributed by atoms with Crippen molar-refractivity contribution >= 4 is 17.8 Å². The molecular formula is C22H20N4O6. The van der Waals surface area contributed by atoms with Crippen LogP contribution in [0.25, 0.3) is 0 Å². The maximum Gasteiger partial charge on any atom is 0.337 e. The lowest BCUT2D eigenvalue weighted by atomic mass is 10.1. The molecule has 0 saturated carbocycles. The predicted molar refractivity (Wildman–Crippen MR) is 111 cm³/mol. The molecule has 0 unspecified atom stereocenters. The normalized spacial score (nSPS) is 10.8. The molecule has 0 aliphatic rings. The number of amides is 2. The molecule has 0 spiro atoms. The molecule has 2 amide bonds. The lowest BCUT2D eigenvalue weighted by Crippen LogP contribution is -2.46. The van der Waals surface area contributed by atoms with E-state index < -0.39 is 23.7 Å². The van der Waals surface area contributed by atoms with Gasteiger partial charge in [-0.25, -0.2) is 14.8 Å². The summed E-state index contributed by atoms with van der Waals surface area (Å²) in [5.41, 5.74) is 0.853. The number of hydrogen-bond donors (Lipinski definition) is 4. The largest absolute Gasteiger partial charge is 0.465 e. The zero-order valence-corrected chi connectivity index (χ0v) is 17.0. The molecule has 0 radical (unpaired) electrons. The molecule has 164 valence electrons. The van der Waals surface area contributed by atoms with Gasteiger partial charge in [0.1, 0.15) is 17.7 Å². The van der Waals surface area contributed by atoms with Gasteiger partial charge < -0.3 is 20.3 Å². The summed E-state index contributed by atoms with van der Waals surface area (Å²) >= 11 is 0. The molecule has 1 heterocycles. The van der Waals surface area contributed by atoms with Gasteiger partial charge >= 0.3 is 5.97 Å². The van der Waals surface area contributed by atoms with Crippen LogP contribution in [0.3, 0.4) is 0 Å². The average Bonchev–Trinajstić information content (AvgIpc) is 2.82. The number of rotatable bonds is 7. The Bertz CT molecular complexity index is 1120. The van der Waals surface area contributed by atoms with Gasteiger partial charge in [0.2, 0.25) is 0 Å². The summed E-state index contributed by atoms with van der Waals surface area (Å²) in [6.45, 7) is 0.149. The molecule has 0 aliphatic carbocycles. The second-order valence-electron chi connectivity index (χ2n) is 6.65. The molecular weight excluding hydrogens is 416 g/mol. The smallest absolute Gasteiger partial charge is 0.337 e. The van der Waals surface area contributed by atoms with Gasteiger partial charge in [0.15, 0.2) is 0 Å². The minimum absolute atomic E-state index is 0.0543. The van der Waals surface area contributed by atoms with Gasteiger partial charge in [0.25, 0.3) is 17.7 Å². The molecule has 0 saturated heterocycles. The average molecular weight is 436 g/mol. The molecule has 4 N–H and O–H groups in total. The highest BCUT2D eigenvalue weighted by Crippen LogP contribution is 2.15. The van der Waals surface area contributed by atoms with Crippen LogP contribution in [0.2, 0.25) is 0 Å². The first-order valence-corrected chi connectivity index (χ1v) is 9.40. The van der Waals surface area contributed by atoms with Gasteiger partial charge in [-0.2, -0.15) is 0 Å². The Balaban J connectivity index is 1.64. The van der Waals surface area contributed by atoms with Crippen molar-refractivity contribution in [3.63, 3.8) is 0 Å². The quantitative estimate of drug-likeness (QED) is 0.312. The van der Waals surface area contributed by atoms with E-state index in [9.17, 15) is 24.6 Å². The van der Waals surface area contributed by atoms with Gasteiger partial charge in [0, 0.05) is 18.2 Å². The molecule has 0 fully saturated rings. The lowest BCUT2D eigenvalue weighted by molar-refractivity contribution is -0.185. The highest BCUT2D eigenvalue weighted by molar-refractivity contribution is 5.97. The van der Waals surface area contributed by atoms with Crippen LogP contribution in [0.1, 0.15) is 42.5 Å². The SMILES string of the molecule is COC(=O)c1ccc(CNC(=O)c2cc(C(=O)NC(O)(O)c3ccccc3)ncn2)cc1. The van der Waals surface area contributed by atoms with Crippen LogP contribution >= 0.6 is 0 Å². The molecule has 0 atom stereocenters. The van der Waals surface area contributed by atoms with E-state index in [-0.39, 0.29) is 23.5 Å². The fraction of sp³-hybridized carbons (Fsp3) is 0.136. The number of hydrogen-bond acceptors (Lipinski definition) is 8. The van der Waals surface area contributed by atoms with E-state index in [1.807, 2.05) is 5.32 Å². The molecule has 10 heteroatoms. The lowest BCUT2D eigenvalue weighted by Gasteiger charge is -2.22. The number of methoxy groups -OCH3 is 1. The Kier molecular flexibility index (Phi) is 6.88. The van der Waals surface area contributed by atoms with E-state index in [0.717, 1.165) is 18.0 Å². The minimum Gasteiger partial charge on any atom is -0.465 e. The van der Waals surface area contributed by atoms with E-state index in [0.29, 0.717) is 5.56 Å². The number of ether oxygens (including phenoxy) is 1. The molecule has 0 bridgehead atoms. The highest BCUT2D eigenvalue weighted by atomic mass is 16.5.